The molecule has 0 aliphatic carbocycles. The first-order valence-corrected chi connectivity index (χ1v) is 7.67. The lowest BCUT2D eigenvalue weighted by Gasteiger charge is -2.23. The third-order valence-electron chi connectivity index (χ3n) is 3.52. The Labute approximate surface area is 136 Å². The number of carbonyl (C=O) groups is 2. The quantitative estimate of drug-likeness (QED) is 0.877. The van der Waals surface area contributed by atoms with Crippen LogP contribution in [0.4, 0.5) is 0 Å². The second-order valence-corrected chi connectivity index (χ2v) is 6.29. The Morgan fingerprint density at radius 1 is 1.52 bits per heavy atom. The molecule has 2 rings (SSSR count). The molecule has 0 spiro atoms. The van der Waals surface area contributed by atoms with Gasteiger partial charge >= 0.3 is 5.97 Å². The van der Waals surface area contributed by atoms with Crippen molar-refractivity contribution in [3.8, 4) is 5.75 Å². The summed E-state index contributed by atoms with van der Waals surface area (Å²) in [5.74, 6) is -0.852. The zero-order chi connectivity index (χ0) is 15.6. The number of benzene rings is 1. The Hall–Kier alpha value is -1.27. The van der Waals surface area contributed by atoms with Crippen LogP contribution < -0.4 is 4.74 Å². The van der Waals surface area contributed by atoms with E-state index in [0.29, 0.717) is 28.2 Å². The fourth-order valence-corrected chi connectivity index (χ4v) is 3.22. The minimum atomic E-state index is -0.971. The Morgan fingerprint density at radius 2 is 2.24 bits per heavy atom. The van der Waals surface area contributed by atoms with Crippen LogP contribution in [0.2, 0.25) is 5.02 Å². The van der Waals surface area contributed by atoms with E-state index in [1.807, 2.05) is 6.92 Å². The summed E-state index contributed by atoms with van der Waals surface area (Å²) < 4.78 is 6.09. The summed E-state index contributed by atoms with van der Waals surface area (Å²) in [4.78, 5) is 24.8. The molecule has 2 unspecified atom stereocenters. The molecular weight excluding hydrogens is 362 g/mol. The fourth-order valence-electron chi connectivity index (χ4n) is 2.42. The number of ether oxygens (including phenoxy) is 1. The number of carboxylic acid groups (broad SMARTS) is 1. The minimum absolute atomic E-state index is 0.0475. The zero-order valence-corrected chi connectivity index (χ0v) is 13.7. The molecule has 21 heavy (non-hydrogen) atoms. The number of aliphatic carboxylic acids is 1. The van der Waals surface area contributed by atoms with Gasteiger partial charge in [-0.1, -0.05) is 18.5 Å². The molecule has 7 heteroatoms. The standard InChI is InChI=1S/C14H15BrClNO4/c1-8-4-5-17(13(8)14(19)20)12(18)7-21-11-3-2-9(16)6-10(11)15/h2-3,6,8,13H,4-5,7H2,1H3,(H,19,20). The normalized spacial score (nSPS) is 21.4. The predicted octanol–water partition coefficient (Wildman–Crippen LogP) is 2.80. The van der Waals surface area contributed by atoms with Crippen molar-refractivity contribution in [2.24, 2.45) is 5.92 Å². The smallest absolute Gasteiger partial charge is 0.326 e. The minimum Gasteiger partial charge on any atom is -0.483 e. The van der Waals surface area contributed by atoms with Gasteiger partial charge in [0, 0.05) is 11.6 Å². The Morgan fingerprint density at radius 3 is 2.86 bits per heavy atom. The second-order valence-electron chi connectivity index (χ2n) is 5.00. The van der Waals surface area contributed by atoms with E-state index < -0.39 is 12.0 Å². The number of amides is 1. The Balaban J connectivity index is 2.00. The molecule has 0 radical (unpaired) electrons. The highest BCUT2D eigenvalue weighted by atomic mass is 79.9. The maximum Gasteiger partial charge on any atom is 0.326 e. The molecule has 0 aromatic heterocycles. The molecule has 0 saturated carbocycles. The van der Waals surface area contributed by atoms with E-state index >= 15 is 0 Å². The van der Waals surface area contributed by atoms with Crippen LogP contribution in [-0.2, 0) is 9.59 Å². The van der Waals surface area contributed by atoms with Gasteiger partial charge in [0.1, 0.15) is 11.8 Å². The van der Waals surface area contributed by atoms with E-state index in [1.54, 1.807) is 18.2 Å². The highest BCUT2D eigenvalue weighted by Crippen LogP contribution is 2.28. The summed E-state index contributed by atoms with van der Waals surface area (Å²) in [6, 6.07) is 4.21. The summed E-state index contributed by atoms with van der Waals surface area (Å²) in [6.07, 6.45) is 0.688. The first-order valence-electron chi connectivity index (χ1n) is 6.50. The van der Waals surface area contributed by atoms with Crippen LogP contribution in [0.3, 0.4) is 0 Å². The van der Waals surface area contributed by atoms with Gasteiger partial charge in [0.2, 0.25) is 0 Å². The summed E-state index contributed by atoms with van der Waals surface area (Å²) in [5, 5.41) is 9.76. The van der Waals surface area contributed by atoms with Crippen LogP contribution >= 0.6 is 27.5 Å². The molecular formula is C14H15BrClNO4. The lowest BCUT2D eigenvalue weighted by atomic mass is 10.0. The lowest BCUT2D eigenvalue weighted by Crippen LogP contribution is -2.44. The van der Waals surface area contributed by atoms with Gasteiger partial charge in [-0.3, -0.25) is 4.79 Å². The van der Waals surface area contributed by atoms with Crippen LogP contribution in [0.15, 0.2) is 22.7 Å². The van der Waals surface area contributed by atoms with Gasteiger partial charge in [0.25, 0.3) is 5.91 Å². The van der Waals surface area contributed by atoms with Gasteiger partial charge in [-0.25, -0.2) is 4.79 Å². The van der Waals surface area contributed by atoms with E-state index in [2.05, 4.69) is 15.9 Å². The SMILES string of the molecule is CC1CCN(C(=O)COc2ccc(Cl)cc2Br)C1C(=O)O. The van der Waals surface area contributed by atoms with Crippen molar-refractivity contribution >= 4 is 39.4 Å². The maximum absolute atomic E-state index is 12.2. The molecule has 2 atom stereocenters. The summed E-state index contributed by atoms with van der Waals surface area (Å²) >= 11 is 9.12. The van der Waals surface area contributed by atoms with Crippen molar-refractivity contribution in [2.45, 2.75) is 19.4 Å². The number of hydrogen-bond acceptors (Lipinski definition) is 3. The third kappa shape index (κ3) is 3.68. The largest absolute Gasteiger partial charge is 0.483 e. The average molecular weight is 377 g/mol. The predicted molar refractivity (Wildman–Crippen MR) is 81.6 cm³/mol. The molecule has 1 N–H and O–H groups in total. The molecule has 5 nitrogen and oxygen atoms in total. The summed E-state index contributed by atoms with van der Waals surface area (Å²) in [5.41, 5.74) is 0. The number of rotatable bonds is 4. The van der Waals surface area contributed by atoms with Crippen molar-refractivity contribution < 1.29 is 19.4 Å². The van der Waals surface area contributed by atoms with E-state index in [0.717, 1.165) is 0 Å². The number of nitrogens with zero attached hydrogens (tertiary/aromatic N) is 1. The average Bonchev–Trinajstić information content (AvgIpc) is 2.79. The number of halogens is 2. The van der Waals surface area contributed by atoms with E-state index in [-0.39, 0.29) is 18.4 Å². The monoisotopic (exact) mass is 375 g/mol. The highest BCUT2D eigenvalue weighted by molar-refractivity contribution is 9.10. The fraction of sp³-hybridized carbons (Fsp3) is 0.429. The molecule has 1 aliphatic rings. The molecule has 1 aromatic carbocycles. The van der Waals surface area contributed by atoms with Gasteiger partial charge in [-0.05, 0) is 46.5 Å². The van der Waals surface area contributed by atoms with E-state index in [4.69, 9.17) is 16.3 Å². The molecule has 1 fully saturated rings. The molecule has 1 heterocycles. The molecule has 0 bridgehead atoms. The van der Waals surface area contributed by atoms with Crippen molar-refractivity contribution in [3.63, 3.8) is 0 Å². The van der Waals surface area contributed by atoms with Crippen LogP contribution in [0.5, 0.6) is 5.75 Å². The highest BCUT2D eigenvalue weighted by Gasteiger charge is 2.39. The van der Waals surface area contributed by atoms with Crippen LogP contribution in [0.1, 0.15) is 13.3 Å². The molecule has 114 valence electrons. The van der Waals surface area contributed by atoms with Crippen LogP contribution in [0.25, 0.3) is 0 Å². The van der Waals surface area contributed by atoms with Crippen LogP contribution in [0, 0.1) is 5.92 Å². The Kier molecular flexibility index (Phi) is 5.11. The van der Waals surface area contributed by atoms with Gasteiger partial charge in [0.15, 0.2) is 6.61 Å². The van der Waals surface area contributed by atoms with E-state index in [9.17, 15) is 14.7 Å². The van der Waals surface area contributed by atoms with Gasteiger partial charge in [-0.2, -0.15) is 0 Å². The first-order chi connectivity index (χ1) is 9.90. The maximum atomic E-state index is 12.2. The van der Waals surface area contributed by atoms with E-state index in [1.165, 1.54) is 4.90 Å². The zero-order valence-electron chi connectivity index (χ0n) is 11.4. The van der Waals surface area contributed by atoms with Crippen molar-refractivity contribution in [1.29, 1.82) is 0 Å². The number of hydrogen-bond donors (Lipinski definition) is 1. The number of likely N-dealkylation sites (tertiary alicyclic amines) is 1. The van der Waals surface area contributed by atoms with Gasteiger partial charge < -0.3 is 14.7 Å². The number of carbonyl (C=O) groups excluding carboxylic acids is 1. The van der Waals surface area contributed by atoms with Gasteiger partial charge in [0.05, 0.1) is 4.47 Å². The first kappa shape index (κ1) is 16.1. The van der Waals surface area contributed by atoms with Crippen molar-refractivity contribution in [3.05, 3.63) is 27.7 Å². The van der Waals surface area contributed by atoms with Gasteiger partial charge in [-0.15, -0.1) is 0 Å². The van der Waals surface area contributed by atoms with Crippen molar-refractivity contribution in [2.75, 3.05) is 13.2 Å². The molecule has 1 amide bonds. The topological polar surface area (TPSA) is 66.8 Å². The number of carboxylic acids is 1. The molecule has 1 aliphatic heterocycles. The molecule has 1 saturated heterocycles. The summed E-state index contributed by atoms with van der Waals surface area (Å²) in [7, 11) is 0. The van der Waals surface area contributed by atoms with Crippen molar-refractivity contribution in [1.82, 2.24) is 4.90 Å². The van der Waals surface area contributed by atoms with Crippen LogP contribution in [-0.4, -0.2) is 41.1 Å². The summed E-state index contributed by atoms with van der Waals surface area (Å²) in [6.45, 7) is 2.08. The lowest BCUT2D eigenvalue weighted by molar-refractivity contribution is -0.150. The molecule has 1 aromatic rings. The second kappa shape index (κ2) is 6.66. The third-order valence-corrected chi connectivity index (χ3v) is 4.37. The Bertz CT molecular complexity index is 566.